The van der Waals surface area contributed by atoms with E-state index in [0.717, 1.165) is 16.6 Å². The molecule has 1 aromatic heterocycles. The average Bonchev–Trinajstić information content (AvgIpc) is 2.46. The summed E-state index contributed by atoms with van der Waals surface area (Å²) in [5.41, 5.74) is 2.74. The Morgan fingerprint density at radius 3 is 2.71 bits per heavy atom. The van der Waals surface area contributed by atoms with Gasteiger partial charge in [0.25, 0.3) is 0 Å². The molecule has 1 heterocycles. The van der Waals surface area contributed by atoms with E-state index in [1.807, 2.05) is 6.92 Å². The maximum absolute atomic E-state index is 13.2. The number of fused-ring (bicyclic) bond motifs is 1. The molecular weight excluding hydrogens is 179 g/mol. The zero-order valence-electron chi connectivity index (χ0n) is 8.56. The summed E-state index contributed by atoms with van der Waals surface area (Å²) in [6.07, 6.45) is 0. The number of aryl methyl sites for hydroxylation is 1. The molecule has 0 unspecified atom stereocenters. The summed E-state index contributed by atoms with van der Waals surface area (Å²) in [4.78, 5) is 0. The lowest BCUT2D eigenvalue weighted by molar-refractivity contribution is 0.625. The van der Waals surface area contributed by atoms with Crippen LogP contribution in [-0.2, 0) is 0 Å². The number of H-pyrrole nitrogens is 1. The molecule has 14 heavy (non-hydrogen) atoms. The van der Waals surface area contributed by atoms with E-state index in [1.54, 1.807) is 6.07 Å². The molecule has 2 nitrogen and oxygen atoms in total. The van der Waals surface area contributed by atoms with E-state index < -0.39 is 0 Å². The molecule has 0 aliphatic rings. The van der Waals surface area contributed by atoms with E-state index in [2.05, 4.69) is 24.0 Å². The first-order valence-electron chi connectivity index (χ1n) is 4.73. The van der Waals surface area contributed by atoms with Crippen molar-refractivity contribution in [3.63, 3.8) is 0 Å². The SMILES string of the molecule is Cc1[nH]nc2cc(F)cc(C(C)C)c12. The smallest absolute Gasteiger partial charge is 0.125 e. The number of halogens is 1. The number of benzene rings is 1. The van der Waals surface area contributed by atoms with Crippen molar-refractivity contribution in [3.8, 4) is 0 Å². The standard InChI is InChI=1S/C11H13FN2/c1-6(2)9-4-8(12)5-10-11(9)7(3)13-14-10/h4-6H,1-3H3,(H,13,14). The van der Waals surface area contributed by atoms with Gasteiger partial charge in [0.05, 0.1) is 5.52 Å². The van der Waals surface area contributed by atoms with Crippen LogP contribution in [0.3, 0.4) is 0 Å². The highest BCUT2D eigenvalue weighted by atomic mass is 19.1. The van der Waals surface area contributed by atoms with Gasteiger partial charge in [-0.3, -0.25) is 5.10 Å². The maximum Gasteiger partial charge on any atom is 0.125 e. The Balaban J connectivity index is 2.83. The van der Waals surface area contributed by atoms with Gasteiger partial charge in [-0.15, -0.1) is 0 Å². The van der Waals surface area contributed by atoms with Crippen LogP contribution in [0.15, 0.2) is 12.1 Å². The van der Waals surface area contributed by atoms with Crippen molar-refractivity contribution in [2.24, 2.45) is 0 Å². The van der Waals surface area contributed by atoms with Crippen molar-refractivity contribution < 1.29 is 4.39 Å². The molecule has 0 saturated carbocycles. The number of hydrogen-bond acceptors (Lipinski definition) is 1. The number of nitrogens with zero attached hydrogens (tertiary/aromatic N) is 1. The Hall–Kier alpha value is -1.38. The van der Waals surface area contributed by atoms with Gasteiger partial charge in [0.2, 0.25) is 0 Å². The second kappa shape index (κ2) is 3.08. The number of nitrogens with one attached hydrogen (secondary N) is 1. The number of aromatic nitrogens is 2. The van der Waals surface area contributed by atoms with E-state index in [0.29, 0.717) is 11.4 Å². The Kier molecular flexibility index (Phi) is 2.02. The Morgan fingerprint density at radius 2 is 2.07 bits per heavy atom. The van der Waals surface area contributed by atoms with E-state index in [1.165, 1.54) is 6.07 Å². The monoisotopic (exact) mass is 192 g/mol. The van der Waals surface area contributed by atoms with Crippen molar-refractivity contribution in [1.29, 1.82) is 0 Å². The summed E-state index contributed by atoms with van der Waals surface area (Å²) in [6.45, 7) is 6.07. The van der Waals surface area contributed by atoms with Crippen molar-refractivity contribution in [1.82, 2.24) is 10.2 Å². The summed E-state index contributed by atoms with van der Waals surface area (Å²) in [5.74, 6) is 0.0946. The molecule has 0 radical (unpaired) electrons. The van der Waals surface area contributed by atoms with Crippen LogP contribution in [-0.4, -0.2) is 10.2 Å². The van der Waals surface area contributed by atoms with Gasteiger partial charge in [-0.1, -0.05) is 13.8 Å². The quantitative estimate of drug-likeness (QED) is 0.738. The number of hydrogen-bond donors (Lipinski definition) is 1. The summed E-state index contributed by atoms with van der Waals surface area (Å²) in [5, 5.41) is 8.00. The van der Waals surface area contributed by atoms with Crippen molar-refractivity contribution in [3.05, 3.63) is 29.2 Å². The predicted molar refractivity (Wildman–Crippen MR) is 54.9 cm³/mol. The van der Waals surface area contributed by atoms with Crippen molar-refractivity contribution in [2.45, 2.75) is 26.7 Å². The highest BCUT2D eigenvalue weighted by Gasteiger charge is 2.11. The molecular formula is C11H13FN2. The summed E-state index contributed by atoms with van der Waals surface area (Å²) in [6, 6.07) is 3.06. The summed E-state index contributed by atoms with van der Waals surface area (Å²) in [7, 11) is 0. The molecule has 0 fully saturated rings. The minimum absolute atomic E-state index is 0.215. The molecule has 0 aliphatic carbocycles. The Bertz CT molecular complexity index is 471. The molecule has 2 aromatic rings. The molecule has 74 valence electrons. The normalized spacial score (nSPS) is 11.5. The van der Waals surface area contributed by atoms with Gasteiger partial charge in [0, 0.05) is 17.1 Å². The first kappa shape index (κ1) is 9.19. The predicted octanol–water partition coefficient (Wildman–Crippen LogP) is 3.13. The van der Waals surface area contributed by atoms with Crippen LogP contribution in [0.1, 0.15) is 31.0 Å². The van der Waals surface area contributed by atoms with Gasteiger partial charge in [-0.25, -0.2) is 4.39 Å². The first-order valence-corrected chi connectivity index (χ1v) is 4.73. The molecule has 1 aromatic carbocycles. The third kappa shape index (κ3) is 1.29. The van der Waals surface area contributed by atoms with Gasteiger partial charge >= 0.3 is 0 Å². The van der Waals surface area contributed by atoms with Gasteiger partial charge in [-0.2, -0.15) is 5.10 Å². The topological polar surface area (TPSA) is 28.7 Å². The first-order chi connectivity index (χ1) is 6.59. The van der Waals surface area contributed by atoms with Gasteiger partial charge in [-0.05, 0) is 24.5 Å². The van der Waals surface area contributed by atoms with Gasteiger partial charge < -0.3 is 0 Å². The molecule has 0 amide bonds. The molecule has 2 rings (SSSR count). The van der Waals surface area contributed by atoms with Crippen LogP contribution < -0.4 is 0 Å². The molecule has 0 aliphatic heterocycles. The largest absolute Gasteiger partial charge is 0.282 e. The fourth-order valence-electron chi connectivity index (χ4n) is 1.77. The number of rotatable bonds is 1. The molecule has 1 N–H and O–H groups in total. The van der Waals surface area contributed by atoms with Gasteiger partial charge in [0.15, 0.2) is 0 Å². The van der Waals surface area contributed by atoms with E-state index >= 15 is 0 Å². The molecule has 0 bridgehead atoms. The third-order valence-corrected chi connectivity index (χ3v) is 2.45. The molecule has 0 spiro atoms. The van der Waals surface area contributed by atoms with Gasteiger partial charge in [0.1, 0.15) is 5.82 Å². The maximum atomic E-state index is 13.2. The zero-order valence-corrected chi connectivity index (χ0v) is 8.56. The minimum Gasteiger partial charge on any atom is -0.282 e. The fraction of sp³-hybridized carbons (Fsp3) is 0.364. The molecule has 0 saturated heterocycles. The lowest BCUT2D eigenvalue weighted by Gasteiger charge is -2.07. The van der Waals surface area contributed by atoms with E-state index in [-0.39, 0.29) is 5.82 Å². The Labute approximate surface area is 82.1 Å². The fourth-order valence-corrected chi connectivity index (χ4v) is 1.77. The average molecular weight is 192 g/mol. The van der Waals surface area contributed by atoms with Crippen LogP contribution in [0, 0.1) is 12.7 Å². The van der Waals surface area contributed by atoms with E-state index in [4.69, 9.17) is 0 Å². The number of aromatic amines is 1. The minimum atomic E-state index is -0.215. The van der Waals surface area contributed by atoms with Crippen LogP contribution >= 0.6 is 0 Å². The summed E-state index contributed by atoms with van der Waals surface area (Å²) < 4.78 is 13.2. The zero-order chi connectivity index (χ0) is 10.3. The second-order valence-electron chi connectivity index (χ2n) is 3.89. The molecule has 0 atom stereocenters. The highest BCUT2D eigenvalue weighted by Crippen LogP contribution is 2.27. The van der Waals surface area contributed by atoms with Crippen LogP contribution in [0.4, 0.5) is 4.39 Å². The molecule has 3 heteroatoms. The van der Waals surface area contributed by atoms with Crippen LogP contribution in [0.5, 0.6) is 0 Å². The lowest BCUT2D eigenvalue weighted by Crippen LogP contribution is -1.91. The van der Waals surface area contributed by atoms with Crippen molar-refractivity contribution >= 4 is 10.9 Å². The second-order valence-corrected chi connectivity index (χ2v) is 3.89. The van der Waals surface area contributed by atoms with E-state index in [9.17, 15) is 4.39 Å². The van der Waals surface area contributed by atoms with Crippen molar-refractivity contribution in [2.75, 3.05) is 0 Å². The third-order valence-electron chi connectivity index (χ3n) is 2.45. The lowest BCUT2D eigenvalue weighted by atomic mass is 9.98. The summed E-state index contributed by atoms with van der Waals surface area (Å²) >= 11 is 0. The highest BCUT2D eigenvalue weighted by molar-refractivity contribution is 5.85. The van der Waals surface area contributed by atoms with Crippen LogP contribution in [0.25, 0.3) is 10.9 Å². The van der Waals surface area contributed by atoms with Crippen LogP contribution in [0.2, 0.25) is 0 Å². The Morgan fingerprint density at radius 1 is 1.36 bits per heavy atom.